The maximum atomic E-state index is 15.5. The molecule has 3 aromatic rings. The highest BCUT2D eigenvalue weighted by Crippen LogP contribution is 2.48. The number of aliphatic hydroxyl groups excluding tert-OH is 1. The average Bonchev–Trinajstić information content (AvgIpc) is 3.11. The van der Waals surface area contributed by atoms with Crippen molar-refractivity contribution in [2.45, 2.75) is 44.0 Å². The van der Waals surface area contributed by atoms with Gasteiger partial charge in [0.05, 0.1) is 6.61 Å². The molecule has 214 valence electrons. The first kappa shape index (κ1) is 29.3. The first-order chi connectivity index (χ1) is 18.8. The number of hydrogen-bond acceptors (Lipinski definition) is 8. The van der Waals surface area contributed by atoms with Gasteiger partial charge in [-0.05, 0) is 31.5 Å². The minimum Gasteiger partial charge on any atom is -0.480 e. The van der Waals surface area contributed by atoms with Gasteiger partial charge >= 0.3 is 19.4 Å². The highest BCUT2D eigenvalue weighted by molar-refractivity contribution is 7.52. The molecule has 0 saturated carbocycles. The standard InChI is InChI=1S/C25H26F2N3O9P/c1-14(22(33)34)29-40(36,39-16-8-9-17(18(26)12-16)15-6-4-3-5-7-15)37-13-19-21(32)25(2,27)23(38-19)30-11-10-20(31)28-24(30)35/h3-12,14,19,21,23,32H,13H2,1-2H3,(H,29,36)(H,33,34)(H,28,31,35)/t14-,19+,21+,23+,25+,40?/m0/s1. The topological polar surface area (TPSA) is 169 Å². The predicted octanol–water partition coefficient (Wildman–Crippen LogP) is 2.60. The molecule has 0 aliphatic carbocycles. The lowest BCUT2D eigenvalue weighted by Crippen LogP contribution is -2.43. The maximum Gasteiger partial charge on any atom is 0.459 e. The summed E-state index contributed by atoms with van der Waals surface area (Å²) in [5.41, 5.74) is -3.50. The number of aromatic amines is 1. The van der Waals surface area contributed by atoms with Crippen molar-refractivity contribution in [3.8, 4) is 16.9 Å². The molecule has 15 heteroatoms. The summed E-state index contributed by atoms with van der Waals surface area (Å²) in [6.07, 6.45) is -4.15. The average molecular weight is 581 g/mol. The largest absolute Gasteiger partial charge is 0.480 e. The fourth-order valence-electron chi connectivity index (χ4n) is 4.06. The second kappa shape index (κ2) is 11.4. The van der Waals surface area contributed by atoms with Crippen molar-refractivity contribution >= 4 is 13.7 Å². The molecule has 0 bridgehead atoms. The molecule has 12 nitrogen and oxygen atoms in total. The first-order valence-corrected chi connectivity index (χ1v) is 13.5. The Morgan fingerprint density at radius 3 is 2.58 bits per heavy atom. The second-order valence-corrected chi connectivity index (χ2v) is 10.9. The third-order valence-electron chi connectivity index (χ3n) is 6.20. The Balaban J connectivity index is 1.56. The molecule has 1 aromatic heterocycles. The number of nitrogens with zero attached hydrogens (tertiary/aromatic N) is 1. The van der Waals surface area contributed by atoms with Crippen LogP contribution in [0.2, 0.25) is 0 Å². The zero-order chi connectivity index (χ0) is 29.2. The van der Waals surface area contributed by atoms with Crippen LogP contribution in [0.25, 0.3) is 11.1 Å². The number of rotatable bonds is 10. The van der Waals surface area contributed by atoms with Gasteiger partial charge in [-0.1, -0.05) is 30.3 Å². The van der Waals surface area contributed by atoms with Crippen molar-refractivity contribution in [3.63, 3.8) is 0 Å². The van der Waals surface area contributed by atoms with Gasteiger partial charge in [0.25, 0.3) is 5.56 Å². The van der Waals surface area contributed by atoms with Gasteiger partial charge in [0.1, 0.15) is 29.8 Å². The molecule has 1 aliphatic heterocycles. The number of aliphatic hydroxyl groups is 1. The molecule has 6 atom stereocenters. The lowest BCUT2D eigenvalue weighted by atomic mass is 9.98. The second-order valence-electron chi connectivity index (χ2n) is 9.22. The van der Waals surface area contributed by atoms with E-state index in [0.29, 0.717) is 5.56 Å². The van der Waals surface area contributed by atoms with Gasteiger partial charge in [0.15, 0.2) is 11.9 Å². The van der Waals surface area contributed by atoms with Crippen LogP contribution in [0, 0.1) is 5.82 Å². The number of benzene rings is 2. The van der Waals surface area contributed by atoms with Gasteiger partial charge in [0, 0.05) is 23.9 Å². The first-order valence-electron chi connectivity index (χ1n) is 11.9. The number of carboxylic acid groups (broad SMARTS) is 1. The molecule has 0 spiro atoms. The van der Waals surface area contributed by atoms with E-state index in [9.17, 15) is 33.6 Å². The van der Waals surface area contributed by atoms with Crippen molar-refractivity contribution in [2.75, 3.05) is 6.61 Å². The summed E-state index contributed by atoms with van der Waals surface area (Å²) < 4.78 is 60.8. The van der Waals surface area contributed by atoms with E-state index in [4.69, 9.17) is 13.8 Å². The number of aliphatic carboxylic acids is 1. The molecule has 0 amide bonds. The van der Waals surface area contributed by atoms with E-state index in [2.05, 4.69) is 5.09 Å². The van der Waals surface area contributed by atoms with Crippen LogP contribution in [-0.4, -0.2) is 56.3 Å². The number of aromatic nitrogens is 2. The number of ether oxygens (including phenoxy) is 1. The summed E-state index contributed by atoms with van der Waals surface area (Å²) in [7, 11) is -4.61. The van der Waals surface area contributed by atoms with Gasteiger partial charge < -0.3 is 19.5 Å². The zero-order valence-corrected chi connectivity index (χ0v) is 22.1. The van der Waals surface area contributed by atoms with Crippen LogP contribution in [0.1, 0.15) is 20.1 Å². The highest BCUT2D eigenvalue weighted by atomic mass is 31.2. The summed E-state index contributed by atoms with van der Waals surface area (Å²) in [4.78, 5) is 36.9. The minimum atomic E-state index is -4.61. The summed E-state index contributed by atoms with van der Waals surface area (Å²) in [5, 5.41) is 22.0. The molecule has 4 N–H and O–H groups in total. The Morgan fingerprint density at radius 1 is 1.25 bits per heavy atom. The number of halogens is 2. The quantitative estimate of drug-likeness (QED) is 0.261. The SMILES string of the molecule is C[C@H](NP(=O)(OC[C@H]1O[C@@H](n2ccc(=O)[nH]c2=O)[C@](C)(F)[C@@H]1O)Oc1ccc(-c2ccccc2)c(F)c1)C(=O)O. The third kappa shape index (κ3) is 6.21. The number of carbonyl (C=O) groups is 1. The van der Waals surface area contributed by atoms with Crippen molar-refractivity contribution in [2.24, 2.45) is 0 Å². The summed E-state index contributed by atoms with van der Waals surface area (Å²) in [5.74, 6) is -2.41. The van der Waals surface area contributed by atoms with E-state index in [1.807, 2.05) is 4.98 Å². The zero-order valence-electron chi connectivity index (χ0n) is 21.2. The number of hydrogen-bond donors (Lipinski definition) is 4. The lowest BCUT2D eigenvalue weighted by molar-refractivity contribution is -0.138. The molecule has 2 heterocycles. The van der Waals surface area contributed by atoms with E-state index in [1.165, 1.54) is 12.1 Å². The summed E-state index contributed by atoms with van der Waals surface area (Å²) in [6, 6.07) is 11.7. The van der Waals surface area contributed by atoms with Crippen LogP contribution in [0.15, 0.2) is 70.4 Å². The van der Waals surface area contributed by atoms with Gasteiger partial charge in [-0.2, -0.15) is 5.09 Å². The van der Waals surface area contributed by atoms with Crippen molar-refractivity contribution in [3.05, 3.63) is 87.4 Å². The summed E-state index contributed by atoms with van der Waals surface area (Å²) >= 11 is 0. The molecule has 0 radical (unpaired) electrons. The fourth-order valence-corrected chi connectivity index (χ4v) is 5.56. The molecule has 1 saturated heterocycles. The fraction of sp³-hybridized carbons (Fsp3) is 0.320. The Hall–Kier alpha value is -3.68. The van der Waals surface area contributed by atoms with E-state index in [1.54, 1.807) is 30.3 Å². The van der Waals surface area contributed by atoms with Crippen molar-refractivity contribution < 1.29 is 42.1 Å². The van der Waals surface area contributed by atoms with Gasteiger partial charge in [-0.15, -0.1) is 0 Å². The number of carboxylic acids is 1. The molecule has 1 fully saturated rings. The van der Waals surface area contributed by atoms with Gasteiger partial charge in [-0.25, -0.2) is 18.1 Å². The Labute approximate surface area is 225 Å². The lowest BCUT2D eigenvalue weighted by Gasteiger charge is -2.25. The van der Waals surface area contributed by atoms with Crippen LogP contribution >= 0.6 is 7.75 Å². The van der Waals surface area contributed by atoms with Crippen LogP contribution in [0.4, 0.5) is 8.78 Å². The van der Waals surface area contributed by atoms with E-state index >= 15 is 4.39 Å². The molecule has 40 heavy (non-hydrogen) atoms. The highest BCUT2D eigenvalue weighted by Gasteiger charge is 2.55. The number of H-pyrrole nitrogens is 1. The smallest absolute Gasteiger partial charge is 0.459 e. The third-order valence-corrected chi connectivity index (χ3v) is 7.85. The number of nitrogens with one attached hydrogen (secondary N) is 2. The van der Waals surface area contributed by atoms with E-state index < -0.39 is 67.5 Å². The molecular weight excluding hydrogens is 555 g/mol. The normalized spacial score (nSPS) is 24.8. The van der Waals surface area contributed by atoms with E-state index in [-0.39, 0.29) is 11.3 Å². The minimum absolute atomic E-state index is 0.226. The van der Waals surface area contributed by atoms with Crippen molar-refractivity contribution in [1.29, 1.82) is 0 Å². The molecule has 4 rings (SSSR count). The number of alkyl halides is 1. The van der Waals surface area contributed by atoms with Crippen LogP contribution in [0.3, 0.4) is 0 Å². The molecule has 1 unspecified atom stereocenters. The monoisotopic (exact) mass is 581 g/mol. The van der Waals surface area contributed by atoms with Gasteiger partial charge in [-0.3, -0.25) is 23.7 Å². The molecule has 1 aliphatic rings. The predicted molar refractivity (Wildman–Crippen MR) is 137 cm³/mol. The molecule has 2 aromatic carbocycles. The Morgan fingerprint density at radius 2 is 1.95 bits per heavy atom. The van der Waals surface area contributed by atoms with Gasteiger partial charge in [0.2, 0.25) is 0 Å². The van der Waals surface area contributed by atoms with E-state index in [0.717, 1.165) is 36.7 Å². The van der Waals surface area contributed by atoms with Crippen molar-refractivity contribution in [1.82, 2.24) is 14.6 Å². The maximum absolute atomic E-state index is 15.5. The van der Waals surface area contributed by atoms with Crippen LogP contribution in [-0.2, 0) is 18.6 Å². The molecular formula is C25H26F2N3O9P. The Kier molecular flexibility index (Phi) is 8.38. The summed E-state index contributed by atoms with van der Waals surface area (Å²) in [6.45, 7) is 1.31. The van der Waals surface area contributed by atoms with Crippen LogP contribution in [0.5, 0.6) is 5.75 Å². The Bertz CT molecular complexity index is 1550. The van der Waals surface area contributed by atoms with Crippen LogP contribution < -0.4 is 20.9 Å².